The van der Waals surface area contributed by atoms with Crippen LogP contribution >= 0.6 is 0 Å². The quantitative estimate of drug-likeness (QED) is 0.643. The fourth-order valence-corrected chi connectivity index (χ4v) is 3.43. The third-order valence-electron chi connectivity index (χ3n) is 4.85. The van der Waals surface area contributed by atoms with Crippen molar-refractivity contribution in [2.45, 2.75) is 19.0 Å². The van der Waals surface area contributed by atoms with Gasteiger partial charge in [-0.3, -0.25) is 14.6 Å². The summed E-state index contributed by atoms with van der Waals surface area (Å²) in [5.74, 6) is -0.753. The van der Waals surface area contributed by atoms with Gasteiger partial charge < -0.3 is 10.2 Å². The van der Waals surface area contributed by atoms with Gasteiger partial charge in [0, 0.05) is 24.6 Å². The Kier molecular flexibility index (Phi) is 5.52. The van der Waals surface area contributed by atoms with E-state index < -0.39 is 18.0 Å². The van der Waals surface area contributed by atoms with Crippen LogP contribution in [0.5, 0.6) is 0 Å². The molecule has 4 rings (SSSR count). The second-order valence-corrected chi connectivity index (χ2v) is 6.92. The molecule has 1 aliphatic rings. The summed E-state index contributed by atoms with van der Waals surface area (Å²) in [6.45, 7) is 0.186. The van der Waals surface area contributed by atoms with Crippen LogP contribution in [0.1, 0.15) is 12.0 Å². The summed E-state index contributed by atoms with van der Waals surface area (Å²) >= 11 is 0. The molecule has 7 heteroatoms. The predicted octanol–water partition coefficient (Wildman–Crippen LogP) is 3.45. The van der Waals surface area contributed by atoms with Crippen molar-refractivity contribution in [3.8, 4) is 0 Å². The van der Waals surface area contributed by atoms with Gasteiger partial charge in [-0.05, 0) is 35.9 Å². The van der Waals surface area contributed by atoms with Crippen LogP contribution in [0.3, 0.4) is 0 Å². The average molecular weight is 400 g/mol. The molecule has 2 heterocycles. The highest BCUT2D eigenvalue weighted by molar-refractivity contribution is 6.22. The molecule has 1 fully saturated rings. The summed E-state index contributed by atoms with van der Waals surface area (Å²) in [7, 11) is 0. The van der Waals surface area contributed by atoms with E-state index in [4.69, 9.17) is 0 Å². The van der Waals surface area contributed by atoms with Gasteiger partial charge in [0.15, 0.2) is 0 Å². The number of hydrogen-bond donors (Lipinski definition) is 1. The first-order valence-corrected chi connectivity index (χ1v) is 9.57. The minimum absolute atomic E-state index is 0.136. The molecule has 1 aromatic heterocycles. The summed E-state index contributed by atoms with van der Waals surface area (Å²) in [4.78, 5) is 45.6. The van der Waals surface area contributed by atoms with Gasteiger partial charge in [-0.25, -0.2) is 9.69 Å². The molecule has 1 saturated heterocycles. The second-order valence-electron chi connectivity index (χ2n) is 6.92. The van der Waals surface area contributed by atoms with Crippen LogP contribution in [0.4, 0.5) is 16.2 Å². The molecule has 0 aliphatic carbocycles. The first kappa shape index (κ1) is 19.3. The van der Waals surface area contributed by atoms with Crippen molar-refractivity contribution in [3.63, 3.8) is 0 Å². The number of imide groups is 1. The molecule has 0 bridgehead atoms. The molecular formula is C23H20N4O3. The first-order valence-electron chi connectivity index (χ1n) is 9.57. The van der Waals surface area contributed by atoms with Gasteiger partial charge in [0.05, 0.1) is 12.1 Å². The molecule has 0 radical (unpaired) electrons. The smallest absolute Gasteiger partial charge is 0.326 e. The number of rotatable bonds is 6. The molecule has 1 aliphatic heterocycles. The van der Waals surface area contributed by atoms with E-state index in [1.807, 2.05) is 30.3 Å². The Morgan fingerprint density at radius 2 is 1.63 bits per heavy atom. The molecule has 1 unspecified atom stereocenters. The number of nitrogens with zero attached hydrogens (tertiary/aromatic N) is 3. The summed E-state index contributed by atoms with van der Waals surface area (Å²) < 4.78 is 0. The molecular weight excluding hydrogens is 380 g/mol. The van der Waals surface area contributed by atoms with Crippen molar-refractivity contribution in [1.82, 2.24) is 9.88 Å². The van der Waals surface area contributed by atoms with Gasteiger partial charge in [0.25, 0.3) is 5.91 Å². The highest BCUT2D eigenvalue weighted by atomic mass is 16.2. The zero-order chi connectivity index (χ0) is 20.9. The Balaban J connectivity index is 1.59. The van der Waals surface area contributed by atoms with Gasteiger partial charge in [0.2, 0.25) is 5.91 Å². The first-order chi connectivity index (χ1) is 14.6. The minimum Gasteiger partial charge on any atom is -0.326 e. The highest BCUT2D eigenvalue weighted by Crippen LogP contribution is 2.28. The third-order valence-corrected chi connectivity index (χ3v) is 4.85. The largest absolute Gasteiger partial charge is 0.332 e. The van der Waals surface area contributed by atoms with Crippen molar-refractivity contribution in [1.29, 1.82) is 0 Å². The highest BCUT2D eigenvalue weighted by Gasteiger charge is 2.46. The van der Waals surface area contributed by atoms with Crippen LogP contribution in [0.2, 0.25) is 0 Å². The Hall–Kier alpha value is -4.00. The van der Waals surface area contributed by atoms with Crippen LogP contribution < -0.4 is 10.2 Å². The van der Waals surface area contributed by atoms with E-state index in [0.717, 1.165) is 10.5 Å². The van der Waals surface area contributed by atoms with E-state index in [9.17, 15) is 14.4 Å². The lowest BCUT2D eigenvalue weighted by Gasteiger charge is -2.21. The van der Waals surface area contributed by atoms with Gasteiger partial charge in [-0.2, -0.15) is 0 Å². The van der Waals surface area contributed by atoms with Crippen molar-refractivity contribution in [2.24, 2.45) is 0 Å². The van der Waals surface area contributed by atoms with Crippen molar-refractivity contribution < 1.29 is 14.4 Å². The number of carbonyl (C=O) groups is 3. The molecule has 1 atom stereocenters. The van der Waals surface area contributed by atoms with Gasteiger partial charge in [-0.1, -0.05) is 42.5 Å². The average Bonchev–Trinajstić information content (AvgIpc) is 2.99. The molecule has 150 valence electrons. The van der Waals surface area contributed by atoms with Crippen molar-refractivity contribution >= 4 is 29.2 Å². The number of amides is 4. The number of benzene rings is 2. The summed E-state index contributed by atoms with van der Waals surface area (Å²) in [5.41, 5.74) is 1.90. The lowest BCUT2D eigenvalue weighted by atomic mass is 10.1. The van der Waals surface area contributed by atoms with E-state index in [-0.39, 0.29) is 18.9 Å². The normalized spacial score (nSPS) is 16.1. The van der Waals surface area contributed by atoms with E-state index >= 15 is 0 Å². The van der Waals surface area contributed by atoms with Crippen molar-refractivity contribution in [3.05, 3.63) is 90.8 Å². The number of nitrogens with one attached hydrogen (secondary N) is 1. The van der Waals surface area contributed by atoms with E-state index in [2.05, 4.69) is 10.3 Å². The van der Waals surface area contributed by atoms with Gasteiger partial charge in [0.1, 0.15) is 6.04 Å². The lowest BCUT2D eigenvalue weighted by molar-refractivity contribution is -0.124. The summed E-state index contributed by atoms with van der Waals surface area (Å²) in [6, 6.07) is 20.0. The Morgan fingerprint density at radius 1 is 0.933 bits per heavy atom. The number of hydrogen-bond acceptors (Lipinski definition) is 4. The summed E-state index contributed by atoms with van der Waals surface area (Å²) in [6.07, 6.45) is 3.15. The molecule has 2 aromatic carbocycles. The van der Waals surface area contributed by atoms with E-state index in [1.165, 1.54) is 4.90 Å². The number of urea groups is 1. The SMILES string of the molecule is O=C(CC1C(=O)N(c2ccccc2)C(=O)N1Cc1cccnc1)Nc1ccccc1. The maximum atomic E-state index is 13.2. The number of anilines is 2. The molecule has 3 aromatic rings. The van der Waals surface area contributed by atoms with Crippen LogP contribution in [-0.4, -0.2) is 33.8 Å². The molecule has 30 heavy (non-hydrogen) atoms. The van der Waals surface area contributed by atoms with Crippen molar-refractivity contribution in [2.75, 3.05) is 10.2 Å². The molecule has 1 N–H and O–H groups in total. The summed E-state index contributed by atoms with van der Waals surface area (Å²) in [5, 5.41) is 2.78. The zero-order valence-electron chi connectivity index (χ0n) is 16.1. The fraction of sp³-hybridized carbons (Fsp3) is 0.130. The van der Waals surface area contributed by atoms with Crippen LogP contribution in [0.15, 0.2) is 85.2 Å². The number of para-hydroxylation sites is 2. The maximum Gasteiger partial charge on any atom is 0.332 e. The van der Waals surface area contributed by atoms with Crippen LogP contribution in [0.25, 0.3) is 0 Å². The molecule has 7 nitrogen and oxygen atoms in total. The van der Waals surface area contributed by atoms with E-state index in [1.54, 1.807) is 54.9 Å². The van der Waals surface area contributed by atoms with Gasteiger partial charge >= 0.3 is 6.03 Å². The second kappa shape index (κ2) is 8.57. The lowest BCUT2D eigenvalue weighted by Crippen LogP contribution is -2.37. The molecule has 0 spiro atoms. The fourth-order valence-electron chi connectivity index (χ4n) is 3.43. The Bertz CT molecular complexity index is 1040. The minimum atomic E-state index is -0.901. The number of carbonyl (C=O) groups excluding carboxylic acids is 3. The van der Waals surface area contributed by atoms with Crippen LogP contribution in [-0.2, 0) is 16.1 Å². The molecule has 0 saturated carbocycles. The number of pyridine rings is 1. The number of aromatic nitrogens is 1. The topological polar surface area (TPSA) is 82.6 Å². The Labute approximate surface area is 174 Å². The predicted molar refractivity (Wildman–Crippen MR) is 113 cm³/mol. The third kappa shape index (κ3) is 4.05. The van der Waals surface area contributed by atoms with E-state index in [0.29, 0.717) is 11.4 Å². The molecule has 4 amide bonds. The standard InChI is InChI=1S/C23H20N4O3/c28-21(25-18-9-3-1-4-10-18)14-20-22(29)27(19-11-5-2-6-12-19)23(30)26(20)16-17-8-7-13-24-15-17/h1-13,15,20H,14,16H2,(H,25,28). The monoisotopic (exact) mass is 400 g/mol. The maximum absolute atomic E-state index is 13.2. The van der Waals surface area contributed by atoms with Gasteiger partial charge in [-0.15, -0.1) is 0 Å². The zero-order valence-corrected chi connectivity index (χ0v) is 16.1. The Morgan fingerprint density at radius 3 is 2.30 bits per heavy atom. The van der Waals surface area contributed by atoms with Crippen LogP contribution in [0, 0.1) is 0 Å².